The van der Waals surface area contributed by atoms with Crippen molar-refractivity contribution in [2.24, 2.45) is 11.8 Å². The molecular formula is C12H21N. The maximum absolute atomic E-state index is 3.89. The Labute approximate surface area is 81.3 Å². The third-order valence-corrected chi connectivity index (χ3v) is 4.44. The van der Waals surface area contributed by atoms with E-state index in [1.165, 1.54) is 51.4 Å². The molecule has 3 saturated carbocycles. The average molecular weight is 179 g/mol. The topological polar surface area (TPSA) is 12.0 Å². The lowest BCUT2D eigenvalue weighted by Crippen LogP contribution is -2.34. The molecular weight excluding hydrogens is 158 g/mol. The number of hydrogen-bond donors (Lipinski definition) is 1. The SMILES string of the molecule is C1CCC(NC2C3CCCC32)CC1. The minimum atomic E-state index is 0.893. The molecule has 0 radical (unpaired) electrons. The van der Waals surface area contributed by atoms with E-state index in [1.54, 1.807) is 0 Å². The van der Waals surface area contributed by atoms with E-state index in [0.717, 1.165) is 23.9 Å². The first kappa shape index (κ1) is 8.28. The van der Waals surface area contributed by atoms with Gasteiger partial charge in [-0.15, -0.1) is 0 Å². The summed E-state index contributed by atoms with van der Waals surface area (Å²) < 4.78 is 0. The number of fused-ring (bicyclic) bond motifs is 1. The van der Waals surface area contributed by atoms with Crippen LogP contribution in [0.5, 0.6) is 0 Å². The highest BCUT2D eigenvalue weighted by atomic mass is 15.0. The van der Waals surface area contributed by atoms with Crippen molar-refractivity contribution < 1.29 is 0 Å². The quantitative estimate of drug-likeness (QED) is 0.687. The second-order valence-electron chi connectivity index (χ2n) is 5.29. The molecule has 0 amide bonds. The van der Waals surface area contributed by atoms with Gasteiger partial charge in [0.2, 0.25) is 0 Å². The monoisotopic (exact) mass is 179 g/mol. The van der Waals surface area contributed by atoms with E-state index in [0.29, 0.717) is 0 Å². The molecule has 2 atom stereocenters. The van der Waals surface area contributed by atoms with Crippen molar-refractivity contribution in [3.05, 3.63) is 0 Å². The molecule has 1 N–H and O–H groups in total. The third kappa shape index (κ3) is 1.52. The van der Waals surface area contributed by atoms with E-state index in [1.807, 2.05) is 0 Å². The van der Waals surface area contributed by atoms with Crippen LogP contribution in [0.3, 0.4) is 0 Å². The van der Waals surface area contributed by atoms with Crippen molar-refractivity contribution in [1.29, 1.82) is 0 Å². The Kier molecular flexibility index (Phi) is 2.08. The van der Waals surface area contributed by atoms with E-state index in [-0.39, 0.29) is 0 Å². The van der Waals surface area contributed by atoms with Gasteiger partial charge in [0, 0.05) is 12.1 Å². The lowest BCUT2D eigenvalue weighted by atomic mass is 9.95. The molecule has 3 aliphatic rings. The molecule has 0 heterocycles. The molecule has 1 heteroatoms. The highest BCUT2D eigenvalue weighted by molar-refractivity contribution is 5.07. The van der Waals surface area contributed by atoms with Gasteiger partial charge in [-0.25, -0.2) is 0 Å². The zero-order valence-electron chi connectivity index (χ0n) is 8.47. The van der Waals surface area contributed by atoms with Gasteiger partial charge >= 0.3 is 0 Å². The van der Waals surface area contributed by atoms with Crippen LogP contribution in [0.4, 0.5) is 0 Å². The molecule has 3 aliphatic carbocycles. The Morgan fingerprint density at radius 2 is 1.38 bits per heavy atom. The van der Waals surface area contributed by atoms with Crippen LogP contribution >= 0.6 is 0 Å². The highest BCUT2D eigenvalue weighted by Crippen LogP contribution is 2.52. The van der Waals surface area contributed by atoms with Gasteiger partial charge in [0.25, 0.3) is 0 Å². The standard InChI is InChI=1S/C12H21N/c1-2-5-9(6-3-1)13-12-10-7-4-8-11(10)12/h9-13H,1-8H2. The number of rotatable bonds is 2. The van der Waals surface area contributed by atoms with Crippen molar-refractivity contribution in [1.82, 2.24) is 5.32 Å². The van der Waals surface area contributed by atoms with Crippen molar-refractivity contribution >= 4 is 0 Å². The van der Waals surface area contributed by atoms with Crippen LogP contribution < -0.4 is 5.32 Å². The van der Waals surface area contributed by atoms with Crippen LogP contribution in [0.1, 0.15) is 51.4 Å². The fraction of sp³-hybridized carbons (Fsp3) is 1.00. The fourth-order valence-electron chi connectivity index (χ4n) is 3.61. The summed E-state index contributed by atoms with van der Waals surface area (Å²) in [6.07, 6.45) is 11.9. The number of hydrogen-bond acceptors (Lipinski definition) is 1. The summed E-state index contributed by atoms with van der Waals surface area (Å²) in [6, 6.07) is 1.85. The normalized spacial score (nSPS) is 44.8. The van der Waals surface area contributed by atoms with Gasteiger partial charge in [0.15, 0.2) is 0 Å². The van der Waals surface area contributed by atoms with Gasteiger partial charge in [-0.1, -0.05) is 25.7 Å². The molecule has 3 fully saturated rings. The largest absolute Gasteiger partial charge is 0.311 e. The van der Waals surface area contributed by atoms with Crippen LogP contribution in [-0.2, 0) is 0 Å². The van der Waals surface area contributed by atoms with Crippen LogP contribution in [-0.4, -0.2) is 12.1 Å². The Morgan fingerprint density at radius 3 is 2.08 bits per heavy atom. The summed E-state index contributed by atoms with van der Waals surface area (Å²) in [5.41, 5.74) is 0. The second kappa shape index (κ2) is 3.27. The van der Waals surface area contributed by atoms with Gasteiger partial charge in [0.05, 0.1) is 0 Å². The molecule has 0 bridgehead atoms. The Bertz CT molecular complexity index is 174. The fourth-order valence-corrected chi connectivity index (χ4v) is 3.61. The summed E-state index contributed by atoms with van der Waals surface area (Å²) in [5, 5.41) is 3.89. The van der Waals surface area contributed by atoms with Crippen molar-refractivity contribution in [2.75, 3.05) is 0 Å². The first-order chi connectivity index (χ1) is 6.45. The zero-order chi connectivity index (χ0) is 8.67. The van der Waals surface area contributed by atoms with Gasteiger partial charge in [0.1, 0.15) is 0 Å². The van der Waals surface area contributed by atoms with Gasteiger partial charge in [-0.2, -0.15) is 0 Å². The van der Waals surface area contributed by atoms with Gasteiger partial charge < -0.3 is 5.32 Å². The lowest BCUT2D eigenvalue weighted by molar-refractivity contribution is 0.355. The molecule has 74 valence electrons. The van der Waals surface area contributed by atoms with Crippen molar-refractivity contribution in [2.45, 2.75) is 63.5 Å². The van der Waals surface area contributed by atoms with Crippen LogP contribution in [0, 0.1) is 11.8 Å². The van der Waals surface area contributed by atoms with Gasteiger partial charge in [-0.3, -0.25) is 0 Å². The molecule has 0 aliphatic heterocycles. The molecule has 0 aromatic carbocycles. The third-order valence-electron chi connectivity index (χ3n) is 4.44. The van der Waals surface area contributed by atoms with E-state index in [4.69, 9.17) is 0 Å². The van der Waals surface area contributed by atoms with Crippen molar-refractivity contribution in [3.8, 4) is 0 Å². The maximum Gasteiger partial charge on any atom is 0.0133 e. The Hall–Kier alpha value is -0.0400. The molecule has 0 saturated heterocycles. The van der Waals surface area contributed by atoms with Crippen LogP contribution in [0.25, 0.3) is 0 Å². The van der Waals surface area contributed by atoms with E-state index < -0.39 is 0 Å². The maximum atomic E-state index is 3.89. The Balaban J connectivity index is 1.47. The molecule has 13 heavy (non-hydrogen) atoms. The minimum absolute atomic E-state index is 0.893. The molecule has 0 spiro atoms. The second-order valence-corrected chi connectivity index (χ2v) is 5.29. The predicted molar refractivity (Wildman–Crippen MR) is 54.6 cm³/mol. The smallest absolute Gasteiger partial charge is 0.0133 e. The molecule has 2 unspecified atom stereocenters. The molecule has 0 aromatic rings. The highest BCUT2D eigenvalue weighted by Gasteiger charge is 2.52. The molecule has 1 nitrogen and oxygen atoms in total. The minimum Gasteiger partial charge on any atom is -0.311 e. The zero-order valence-corrected chi connectivity index (χ0v) is 8.47. The average Bonchev–Trinajstić information content (AvgIpc) is 2.65. The first-order valence-corrected chi connectivity index (χ1v) is 6.21. The summed E-state index contributed by atoms with van der Waals surface area (Å²) in [6.45, 7) is 0. The number of nitrogens with one attached hydrogen (secondary N) is 1. The summed E-state index contributed by atoms with van der Waals surface area (Å²) in [4.78, 5) is 0. The first-order valence-electron chi connectivity index (χ1n) is 6.21. The van der Waals surface area contributed by atoms with Crippen LogP contribution in [0.15, 0.2) is 0 Å². The molecule has 0 aromatic heterocycles. The van der Waals surface area contributed by atoms with E-state index in [9.17, 15) is 0 Å². The van der Waals surface area contributed by atoms with Crippen LogP contribution in [0.2, 0.25) is 0 Å². The molecule has 3 rings (SSSR count). The summed E-state index contributed by atoms with van der Waals surface area (Å²) in [7, 11) is 0. The van der Waals surface area contributed by atoms with Crippen molar-refractivity contribution in [3.63, 3.8) is 0 Å². The lowest BCUT2D eigenvalue weighted by Gasteiger charge is -2.23. The van der Waals surface area contributed by atoms with E-state index >= 15 is 0 Å². The predicted octanol–water partition coefficient (Wildman–Crippen LogP) is 2.71. The Morgan fingerprint density at radius 1 is 0.692 bits per heavy atom. The van der Waals surface area contributed by atoms with E-state index in [2.05, 4.69) is 5.32 Å². The summed E-state index contributed by atoms with van der Waals surface area (Å²) >= 11 is 0. The van der Waals surface area contributed by atoms with Gasteiger partial charge in [-0.05, 0) is 37.5 Å². The summed E-state index contributed by atoms with van der Waals surface area (Å²) in [5.74, 6) is 2.20.